The first-order valence-electron chi connectivity index (χ1n) is 6.59. The number of amides is 2. The van der Waals surface area contributed by atoms with Crippen molar-refractivity contribution in [3.63, 3.8) is 0 Å². The normalized spacial score (nSPS) is 15.3. The minimum absolute atomic E-state index is 0.0530. The van der Waals surface area contributed by atoms with Crippen LogP contribution in [-0.4, -0.2) is 53.1 Å². The Morgan fingerprint density at radius 1 is 1.30 bits per heavy atom. The lowest BCUT2D eigenvalue weighted by atomic mass is 10.3. The van der Waals surface area contributed by atoms with Gasteiger partial charge in [0.25, 0.3) is 5.91 Å². The first kappa shape index (κ1) is 14.2. The van der Waals surface area contributed by atoms with Gasteiger partial charge in [-0.2, -0.15) is 0 Å². The fraction of sp³-hybridized carbons (Fsp3) is 0.538. The van der Waals surface area contributed by atoms with E-state index in [0.29, 0.717) is 11.9 Å². The van der Waals surface area contributed by atoms with Crippen LogP contribution in [0.25, 0.3) is 0 Å². The molecule has 1 saturated carbocycles. The highest BCUT2D eigenvalue weighted by Crippen LogP contribution is 2.18. The summed E-state index contributed by atoms with van der Waals surface area (Å²) < 4.78 is 0. The molecule has 0 aromatic carbocycles. The predicted octanol–water partition coefficient (Wildman–Crippen LogP) is 0.257. The van der Waals surface area contributed by atoms with Gasteiger partial charge in [-0.25, -0.2) is 0 Å². The number of carbonyl (C=O) groups excluding carboxylic acids is 2. The van der Waals surface area contributed by atoms with Crippen LogP contribution in [-0.2, 0) is 4.79 Å². The Bertz CT molecular complexity index is 496. The Labute approximate surface area is 117 Å². The Balaban J connectivity index is 1.92. The molecule has 1 heterocycles. The molecule has 2 amide bonds. The molecule has 0 bridgehead atoms. The van der Waals surface area contributed by atoms with Gasteiger partial charge in [0.2, 0.25) is 5.91 Å². The number of carbonyl (C=O) groups is 2. The maximum Gasteiger partial charge on any atom is 0.273 e. The first-order valence-corrected chi connectivity index (χ1v) is 6.59. The van der Waals surface area contributed by atoms with E-state index in [1.54, 1.807) is 33.2 Å². The Morgan fingerprint density at radius 2 is 2.00 bits per heavy atom. The third-order valence-electron chi connectivity index (χ3n) is 2.97. The van der Waals surface area contributed by atoms with Gasteiger partial charge in [0, 0.05) is 20.1 Å². The van der Waals surface area contributed by atoms with Crippen LogP contribution in [0.4, 0.5) is 5.82 Å². The summed E-state index contributed by atoms with van der Waals surface area (Å²) in [6.07, 6.45) is 2.11. The van der Waals surface area contributed by atoms with E-state index in [1.807, 2.05) is 0 Å². The van der Waals surface area contributed by atoms with E-state index in [0.717, 1.165) is 12.8 Å². The van der Waals surface area contributed by atoms with Gasteiger partial charge in [-0.15, -0.1) is 10.2 Å². The largest absolute Gasteiger partial charge is 0.357 e. The molecule has 1 aromatic rings. The Morgan fingerprint density at radius 3 is 2.50 bits per heavy atom. The van der Waals surface area contributed by atoms with Crippen LogP contribution in [0.15, 0.2) is 12.1 Å². The molecule has 0 aliphatic heterocycles. The fourth-order valence-corrected chi connectivity index (χ4v) is 1.59. The van der Waals surface area contributed by atoms with Crippen molar-refractivity contribution in [2.75, 3.05) is 19.4 Å². The Hall–Kier alpha value is -2.18. The number of hydrogen-bond donors (Lipinski definition) is 2. The summed E-state index contributed by atoms with van der Waals surface area (Å²) in [5.41, 5.74) is 0.274. The Kier molecular flexibility index (Phi) is 4.16. The molecule has 7 nitrogen and oxygen atoms in total. The molecule has 1 unspecified atom stereocenters. The molecule has 2 rings (SSSR count). The van der Waals surface area contributed by atoms with Crippen molar-refractivity contribution in [2.45, 2.75) is 31.8 Å². The summed E-state index contributed by atoms with van der Waals surface area (Å²) in [4.78, 5) is 24.9. The molecule has 7 heteroatoms. The summed E-state index contributed by atoms with van der Waals surface area (Å²) in [7, 11) is 3.31. The van der Waals surface area contributed by atoms with Gasteiger partial charge >= 0.3 is 0 Å². The zero-order valence-electron chi connectivity index (χ0n) is 11.9. The van der Waals surface area contributed by atoms with E-state index in [-0.39, 0.29) is 23.6 Å². The predicted molar refractivity (Wildman–Crippen MR) is 74.3 cm³/mol. The van der Waals surface area contributed by atoms with E-state index in [9.17, 15) is 9.59 Å². The van der Waals surface area contributed by atoms with Crippen LogP contribution < -0.4 is 10.6 Å². The number of nitrogens with one attached hydrogen (secondary N) is 2. The van der Waals surface area contributed by atoms with Crippen molar-refractivity contribution < 1.29 is 9.59 Å². The van der Waals surface area contributed by atoms with E-state index in [2.05, 4.69) is 20.8 Å². The van der Waals surface area contributed by atoms with E-state index >= 15 is 0 Å². The summed E-state index contributed by atoms with van der Waals surface area (Å²) in [6, 6.07) is 3.17. The molecular formula is C13H19N5O2. The van der Waals surface area contributed by atoms with Crippen LogP contribution in [0, 0.1) is 0 Å². The molecule has 0 saturated heterocycles. The zero-order valence-corrected chi connectivity index (χ0v) is 11.9. The minimum atomic E-state index is -0.389. The molecule has 1 aliphatic rings. The molecular weight excluding hydrogens is 258 g/mol. The van der Waals surface area contributed by atoms with Crippen molar-refractivity contribution in [3.05, 3.63) is 17.8 Å². The van der Waals surface area contributed by atoms with Gasteiger partial charge < -0.3 is 15.5 Å². The molecule has 0 spiro atoms. The number of hydrogen-bond acceptors (Lipinski definition) is 5. The molecule has 1 aromatic heterocycles. The molecule has 1 fully saturated rings. The van der Waals surface area contributed by atoms with Gasteiger partial charge in [0.05, 0.1) is 0 Å². The zero-order chi connectivity index (χ0) is 14.7. The molecule has 2 N–H and O–H groups in total. The standard InChI is InChI=1S/C13H19N5O2/c1-8(12(19)15-9-4-5-9)14-11-7-6-10(16-17-11)13(20)18(2)3/h6-9H,4-5H2,1-3H3,(H,14,17)(H,15,19). The number of aromatic nitrogens is 2. The molecule has 1 aliphatic carbocycles. The summed E-state index contributed by atoms with van der Waals surface area (Å²) >= 11 is 0. The van der Waals surface area contributed by atoms with Crippen molar-refractivity contribution >= 4 is 17.6 Å². The number of rotatable bonds is 5. The van der Waals surface area contributed by atoms with Gasteiger partial charge in [-0.3, -0.25) is 9.59 Å². The second-order valence-electron chi connectivity index (χ2n) is 5.15. The van der Waals surface area contributed by atoms with Crippen molar-refractivity contribution in [1.29, 1.82) is 0 Å². The lowest BCUT2D eigenvalue weighted by molar-refractivity contribution is -0.121. The van der Waals surface area contributed by atoms with Crippen molar-refractivity contribution in [2.24, 2.45) is 0 Å². The van der Waals surface area contributed by atoms with Crippen LogP contribution >= 0.6 is 0 Å². The van der Waals surface area contributed by atoms with Gasteiger partial charge in [-0.1, -0.05) is 0 Å². The third-order valence-corrected chi connectivity index (χ3v) is 2.97. The summed E-state index contributed by atoms with van der Waals surface area (Å²) in [5.74, 6) is 0.213. The molecule has 0 radical (unpaired) electrons. The summed E-state index contributed by atoms with van der Waals surface area (Å²) in [5, 5.41) is 13.6. The second-order valence-corrected chi connectivity index (χ2v) is 5.15. The van der Waals surface area contributed by atoms with Gasteiger partial charge in [0.15, 0.2) is 5.69 Å². The lowest BCUT2D eigenvalue weighted by Gasteiger charge is -2.14. The summed E-state index contributed by atoms with van der Waals surface area (Å²) in [6.45, 7) is 1.76. The fourth-order valence-electron chi connectivity index (χ4n) is 1.59. The maximum atomic E-state index is 11.8. The highest BCUT2D eigenvalue weighted by atomic mass is 16.2. The first-order chi connectivity index (χ1) is 9.47. The average Bonchev–Trinajstić information content (AvgIpc) is 3.22. The average molecular weight is 277 g/mol. The van der Waals surface area contributed by atoms with Crippen molar-refractivity contribution in [3.8, 4) is 0 Å². The third kappa shape index (κ3) is 3.66. The van der Waals surface area contributed by atoms with E-state index < -0.39 is 0 Å². The second kappa shape index (κ2) is 5.85. The highest BCUT2D eigenvalue weighted by Gasteiger charge is 2.25. The quantitative estimate of drug-likeness (QED) is 0.806. The smallest absolute Gasteiger partial charge is 0.273 e. The molecule has 20 heavy (non-hydrogen) atoms. The van der Waals surface area contributed by atoms with Gasteiger partial charge in [0.1, 0.15) is 11.9 Å². The van der Waals surface area contributed by atoms with Crippen molar-refractivity contribution in [1.82, 2.24) is 20.4 Å². The molecule has 1 atom stereocenters. The number of nitrogens with zero attached hydrogens (tertiary/aromatic N) is 3. The van der Waals surface area contributed by atoms with Crippen LogP contribution in [0.3, 0.4) is 0 Å². The van der Waals surface area contributed by atoms with Gasteiger partial charge in [-0.05, 0) is 31.9 Å². The van der Waals surface area contributed by atoms with E-state index in [1.165, 1.54) is 4.90 Å². The maximum absolute atomic E-state index is 11.8. The van der Waals surface area contributed by atoms with Crippen LogP contribution in [0.1, 0.15) is 30.3 Å². The van der Waals surface area contributed by atoms with Crippen LogP contribution in [0.5, 0.6) is 0 Å². The van der Waals surface area contributed by atoms with Crippen LogP contribution in [0.2, 0.25) is 0 Å². The lowest BCUT2D eigenvalue weighted by Crippen LogP contribution is -2.38. The minimum Gasteiger partial charge on any atom is -0.357 e. The monoisotopic (exact) mass is 277 g/mol. The SMILES string of the molecule is CC(Nc1ccc(C(=O)N(C)C)nn1)C(=O)NC1CC1. The highest BCUT2D eigenvalue weighted by molar-refractivity contribution is 5.91. The molecule has 108 valence electrons. The number of anilines is 1. The topological polar surface area (TPSA) is 87.2 Å². The van der Waals surface area contributed by atoms with E-state index in [4.69, 9.17) is 0 Å².